The van der Waals surface area contributed by atoms with Crippen molar-refractivity contribution in [2.45, 2.75) is 26.9 Å². The van der Waals surface area contributed by atoms with E-state index in [-0.39, 0.29) is 16.3 Å². The second-order valence-electron chi connectivity index (χ2n) is 9.52. The number of fused-ring (bicyclic) bond motifs is 1. The van der Waals surface area contributed by atoms with Crippen molar-refractivity contribution in [1.82, 2.24) is 9.97 Å². The van der Waals surface area contributed by atoms with E-state index in [0.717, 1.165) is 34.0 Å². The van der Waals surface area contributed by atoms with E-state index >= 15 is 0 Å². The zero-order chi connectivity index (χ0) is 28.4. The molecule has 1 N–H and O–H groups in total. The lowest BCUT2D eigenvalue weighted by Gasteiger charge is -2.14. The number of rotatable bonds is 6. The van der Waals surface area contributed by atoms with Gasteiger partial charge in [-0.05, 0) is 57.2 Å². The SMILES string of the molecule is Cc1ccc(-c2nc3ccc(C(=O)OC(C)C(=O)Nc4ccc(F)c(Cl)c4)cc3nc2-c2ccc(C)cc2)cc1. The molecule has 8 heteroatoms. The quantitative estimate of drug-likeness (QED) is 0.219. The predicted octanol–water partition coefficient (Wildman–Crippen LogP) is 7.56. The Morgan fingerprint density at radius 3 is 1.95 bits per heavy atom. The minimum absolute atomic E-state index is 0.129. The fourth-order valence-corrected chi connectivity index (χ4v) is 4.29. The van der Waals surface area contributed by atoms with Crippen molar-refractivity contribution in [2.24, 2.45) is 0 Å². The van der Waals surface area contributed by atoms with Crippen LogP contribution < -0.4 is 5.32 Å². The highest BCUT2D eigenvalue weighted by atomic mass is 35.5. The van der Waals surface area contributed by atoms with Gasteiger partial charge in [-0.15, -0.1) is 0 Å². The van der Waals surface area contributed by atoms with Crippen molar-refractivity contribution in [1.29, 1.82) is 0 Å². The van der Waals surface area contributed by atoms with Crippen LogP contribution >= 0.6 is 11.6 Å². The topological polar surface area (TPSA) is 81.2 Å². The van der Waals surface area contributed by atoms with E-state index in [1.165, 1.54) is 19.1 Å². The standard InChI is InChI=1S/C32H25ClFN3O3/c1-18-4-8-21(9-5-18)29-30(22-10-6-19(2)7-11-22)37-28-16-23(12-15-27(28)36-29)32(39)40-20(3)31(38)35-24-13-14-26(34)25(33)17-24/h4-17,20H,1-3H3,(H,35,38). The molecule has 1 aromatic heterocycles. The molecule has 0 aliphatic carbocycles. The largest absolute Gasteiger partial charge is 0.449 e. The lowest BCUT2D eigenvalue weighted by Crippen LogP contribution is -2.30. The van der Waals surface area contributed by atoms with Crippen LogP contribution in [0.2, 0.25) is 5.02 Å². The molecule has 0 bridgehead atoms. The molecular weight excluding hydrogens is 529 g/mol. The number of esters is 1. The summed E-state index contributed by atoms with van der Waals surface area (Å²) in [6.07, 6.45) is -1.12. The van der Waals surface area contributed by atoms with E-state index in [1.807, 2.05) is 62.4 Å². The minimum Gasteiger partial charge on any atom is -0.449 e. The number of nitrogens with zero attached hydrogens (tertiary/aromatic N) is 2. The molecule has 5 rings (SSSR count). The number of anilines is 1. The van der Waals surface area contributed by atoms with Crippen molar-refractivity contribution in [3.63, 3.8) is 0 Å². The highest BCUT2D eigenvalue weighted by Crippen LogP contribution is 2.32. The van der Waals surface area contributed by atoms with Crippen LogP contribution in [-0.4, -0.2) is 27.9 Å². The summed E-state index contributed by atoms with van der Waals surface area (Å²) in [6.45, 7) is 5.49. The van der Waals surface area contributed by atoms with Gasteiger partial charge in [-0.25, -0.2) is 19.2 Å². The van der Waals surface area contributed by atoms with Gasteiger partial charge in [0.25, 0.3) is 5.91 Å². The third-order valence-corrected chi connectivity index (χ3v) is 6.68. The Labute approximate surface area is 235 Å². The van der Waals surface area contributed by atoms with Crippen molar-refractivity contribution in [3.05, 3.63) is 112 Å². The van der Waals surface area contributed by atoms with Crippen molar-refractivity contribution in [2.75, 3.05) is 5.32 Å². The average Bonchev–Trinajstić information content (AvgIpc) is 2.95. The van der Waals surface area contributed by atoms with Crippen LogP contribution in [0.4, 0.5) is 10.1 Å². The highest BCUT2D eigenvalue weighted by Gasteiger charge is 2.21. The highest BCUT2D eigenvalue weighted by molar-refractivity contribution is 6.31. The molecule has 1 heterocycles. The summed E-state index contributed by atoms with van der Waals surface area (Å²) >= 11 is 5.77. The molecule has 0 aliphatic rings. The molecule has 0 spiro atoms. The monoisotopic (exact) mass is 553 g/mol. The molecule has 6 nitrogen and oxygen atoms in total. The van der Waals surface area contributed by atoms with E-state index in [4.69, 9.17) is 26.3 Å². The van der Waals surface area contributed by atoms with Gasteiger partial charge in [-0.2, -0.15) is 0 Å². The van der Waals surface area contributed by atoms with Gasteiger partial charge in [0.05, 0.1) is 33.0 Å². The van der Waals surface area contributed by atoms with Crippen LogP contribution in [0.25, 0.3) is 33.5 Å². The maximum atomic E-state index is 13.4. The number of aromatic nitrogens is 2. The Bertz CT molecular complexity index is 1740. The second-order valence-corrected chi connectivity index (χ2v) is 9.93. The van der Waals surface area contributed by atoms with Gasteiger partial charge in [0.2, 0.25) is 0 Å². The Kier molecular flexibility index (Phi) is 7.58. The average molecular weight is 554 g/mol. The summed E-state index contributed by atoms with van der Waals surface area (Å²) in [5, 5.41) is 2.43. The van der Waals surface area contributed by atoms with Crippen LogP contribution in [0.3, 0.4) is 0 Å². The zero-order valence-electron chi connectivity index (χ0n) is 22.0. The first-order chi connectivity index (χ1) is 19.2. The molecule has 4 aromatic carbocycles. The number of carbonyl (C=O) groups is 2. The summed E-state index contributed by atoms with van der Waals surface area (Å²) in [5.41, 5.74) is 7.15. The van der Waals surface area contributed by atoms with Crippen molar-refractivity contribution >= 4 is 40.2 Å². The van der Waals surface area contributed by atoms with Gasteiger partial charge < -0.3 is 10.1 Å². The lowest BCUT2D eigenvalue weighted by molar-refractivity contribution is -0.123. The minimum atomic E-state index is -1.12. The van der Waals surface area contributed by atoms with Crippen LogP contribution in [0.15, 0.2) is 84.9 Å². The summed E-state index contributed by atoms with van der Waals surface area (Å²) in [6, 6.07) is 24.8. The van der Waals surface area contributed by atoms with Crippen LogP contribution in [-0.2, 0) is 9.53 Å². The maximum absolute atomic E-state index is 13.4. The van der Waals surface area contributed by atoms with Gasteiger partial charge >= 0.3 is 5.97 Å². The van der Waals surface area contributed by atoms with E-state index in [2.05, 4.69) is 5.32 Å². The normalized spacial score (nSPS) is 11.7. The van der Waals surface area contributed by atoms with Gasteiger partial charge in [-0.3, -0.25) is 4.79 Å². The summed E-state index contributed by atoms with van der Waals surface area (Å²) in [5.74, 6) is -1.88. The third kappa shape index (κ3) is 5.84. The van der Waals surface area contributed by atoms with Gasteiger partial charge in [0, 0.05) is 16.8 Å². The first kappa shape index (κ1) is 27.0. The number of aryl methyl sites for hydroxylation is 2. The fourth-order valence-electron chi connectivity index (χ4n) is 4.11. The molecule has 1 amide bonds. The summed E-state index contributed by atoms with van der Waals surface area (Å²) in [4.78, 5) is 35.3. The second kappa shape index (κ2) is 11.2. The molecule has 0 radical (unpaired) electrons. The van der Waals surface area contributed by atoms with E-state index in [9.17, 15) is 14.0 Å². The van der Waals surface area contributed by atoms with Gasteiger partial charge in [0.15, 0.2) is 6.10 Å². The Morgan fingerprint density at radius 2 is 1.38 bits per heavy atom. The molecule has 5 aromatic rings. The zero-order valence-corrected chi connectivity index (χ0v) is 22.8. The van der Waals surface area contributed by atoms with Crippen molar-refractivity contribution < 1.29 is 18.7 Å². The first-order valence-corrected chi connectivity index (χ1v) is 13.0. The molecule has 0 aliphatic heterocycles. The number of carbonyl (C=O) groups excluding carboxylic acids is 2. The smallest absolute Gasteiger partial charge is 0.338 e. The number of nitrogens with one attached hydrogen (secondary N) is 1. The number of hydrogen-bond donors (Lipinski definition) is 1. The molecule has 0 saturated carbocycles. The molecule has 40 heavy (non-hydrogen) atoms. The Balaban J connectivity index is 1.43. The van der Waals surface area contributed by atoms with Crippen LogP contribution in [0.1, 0.15) is 28.4 Å². The molecule has 1 unspecified atom stereocenters. The van der Waals surface area contributed by atoms with E-state index < -0.39 is 23.8 Å². The number of amides is 1. The number of hydrogen-bond acceptors (Lipinski definition) is 5. The molecule has 0 saturated heterocycles. The number of halogens is 2. The Morgan fingerprint density at radius 1 is 0.800 bits per heavy atom. The van der Waals surface area contributed by atoms with E-state index in [0.29, 0.717) is 16.7 Å². The number of benzene rings is 4. The van der Waals surface area contributed by atoms with Gasteiger partial charge in [0.1, 0.15) is 5.82 Å². The molecular formula is C32H25ClFN3O3. The number of ether oxygens (including phenoxy) is 1. The Hall–Kier alpha value is -4.62. The molecule has 1 atom stereocenters. The third-order valence-electron chi connectivity index (χ3n) is 6.39. The summed E-state index contributed by atoms with van der Waals surface area (Å²) < 4.78 is 18.8. The first-order valence-electron chi connectivity index (χ1n) is 12.6. The van der Waals surface area contributed by atoms with E-state index in [1.54, 1.807) is 18.2 Å². The maximum Gasteiger partial charge on any atom is 0.338 e. The predicted molar refractivity (Wildman–Crippen MR) is 155 cm³/mol. The molecule has 200 valence electrons. The molecule has 0 fully saturated rings. The van der Waals surface area contributed by atoms with Crippen molar-refractivity contribution in [3.8, 4) is 22.5 Å². The summed E-state index contributed by atoms with van der Waals surface area (Å²) in [7, 11) is 0. The lowest BCUT2D eigenvalue weighted by atomic mass is 10.0. The van der Waals surface area contributed by atoms with Crippen LogP contribution in [0, 0.1) is 19.7 Å². The van der Waals surface area contributed by atoms with Gasteiger partial charge in [-0.1, -0.05) is 71.3 Å². The fraction of sp³-hybridized carbons (Fsp3) is 0.125. The van der Waals surface area contributed by atoms with Crippen LogP contribution in [0.5, 0.6) is 0 Å².